The second-order valence-electron chi connectivity index (χ2n) is 5.65. The second kappa shape index (κ2) is 5.12. The largest absolute Gasteiger partial charge is 0.340 e. The summed E-state index contributed by atoms with van der Waals surface area (Å²) in [5, 5.41) is 7.14. The first kappa shape index (κ1) is 13.1. The number of nitrogens with zero attached hydrogens (tertiary/aromatic N) is 2. The highest BCUT2D eigenvalue weighted by Crippen LogP contribution is 2.23. The van der Waals surface area contributed by atoms with E-state index in [1.165, 1.54) is 5.56 Å². The number of amides is 1. The molecule has 1 aliphatic rings. The van der Waals surface area contributed by atoms with Gasteiger partial charge in [-0.3, -0.25) is 9.89 Å². The van der Waals surface area contributed by atoms with Crippen LogP contribution in [0.25, 0.3) is 0 Å². The van der Waals surface area contributed by atoms with Gasteiger partial charge in [0, 0.05) is 24.7 Å². The fraction of sp³-hybridized carbons (Fsp3) is 0.714. The lowest BCUT2D eigenvalue weighted by molar-refractivity contribution is -0.131. The molecule has 0 saturated carbocycles. The normalized spacial score (nSPS) is 23.7. The van der Waals surface area contributed by atoms with Crippen molar-refractivity contribution < 1.29 is 4.79 Å². The number of hydrogen-bond donors (Lipinski definition) is 1. The monoisotopic (exact) mass is 249 g/mol. The van der Waals surface area contributed by atoms with E-state index >= 15 is 0 Å². The Hall–Kier alpha value is -1.32. The topological polar surface area (TPSA) is 49.0 Å². The van der Waals surface area contributed by atoms with Gasteiger partial charge < -0.3 is 4.90 Å². The van der Waals surface area contributed by atoms with Crippen LogP contribution in [0.15, 0.2) is 0 Å². The van der Waals surface area contributed by atoms with Gasteiger partial charge in [0.15, 0.2) is 0 Å². The quantitative estimate of drug-likeness (QED) is 0.893. The van der Waals surface area contributed by atoms with Gasteiger partial charge >= 0.3 is 0 Å². The van der Waals surface area contributed by atoms with Gasteiger partial charge in [-0.15, -0.1) is 0 Å². The third-order valence-electron chi connectivity index (χ3n) is 3.97. The van der Waals surface area contributed by atoms with Crippen LogP contribution in [0.4, 0.5) is 0 Å². The van der Waals surface area contributed by atoms with Crippen LogP contribution in [0.1, 0.15) is 43.6 Å². The van der Waals surface area contributed by atoms with E-state index in [1.54, 1.807) is 0 Å². The molecule has 1 amide bonds. The summed E-state index contributed by atoms with van der Waals surface area (Å²) in [5.74, 6) is 0.924. The minimum atomic E-state index is 0.284. The highest BCUT2D eigenvalue weighted by Gasteiger charge is 2.29. The Labute approximate surface area is 109 Å². The standard InChI is InChI=1S/C14H23N3O/c1-9-7-10(2)17(8-9)14(18)6-5-13-11(3)15-16-12(13)4/h9-10H,5-8H2,1-4H3,(H,15,16). The molecule has 4 heteroatoms. The van der Waals surface area contributed by atoms with Crippen LogP contribution in [-0.2, 0) is 11.2 Å². The van der Waals surface area contributed by atoms with Crippen molar-refractivity contribution in [3.63, 3.8) is 0 Å². The number of H-pyrrole nitrogens is 1. The molecule has 1 N–H and O–H groups in total. The van der Waals surface area contributed by atoms with Crippen molar-refractivity contribution in [1.82, 2.24) is 15.1 Å². The summed E-state index contributed by atoms with van der Waals surface area (Å²) < 4.78 is 0. The fourth-order valence-electron chi connectivity index (χ4n) is 2.97. The number of aryl methyl sites for hydroxylation is 2. The Morgan fingerprint density at radius 2 is 2.17 bits per heavy atom. The van der Waals surface area contributed by atoms with Crippen molar-refractivity contribution in [2.75, 3.05) is 6.54 Å². The van der Waals surface area contributed by atoms with Crippen LogP contribution >= 0.6 is 0 Å². The molecule has 0 spiro atoms. The molecule has 100 valence electrons. The number of rotatable bonds is 3. The van der Waals surface area contributed by atoms with Gasteiger partial charge in [-0.05, 0) is 45.1 Å². The van der Waals surface area contributed by atoms with Crippen molar-refractivity contribution in [2.45, 2.75) is 53.0 Å². The van der Waals surface area contributed by atoms with E-state index in [9.17, 15) is 4.79 Å². The highest BCUT2D eigenvalue weighted by molar-refractivity contribution is 5.77. The summed E-state index contributed by atoms with van der Waals surface area (Å²) in [7, 11) is 0. The summed E-state index contributed by atoms with van der Waals surface area (Å²) in [5.41, 5.74) is 3.30. The Balaban J connectivity index is 1.93. The number of nitrogens with one attached hydrogen (secondary N) is 1. The van der Waals surface area contributed by atoms with E-state index in [2.05, 4.69) is 24.0 Å². The molecular formula is C14H23N3O. The highest BCUT2D eigenvalue weighted by atomic mass is 16.2. The molecule has 1 aliphatic heterocycles. The summed E-state index contributed by atoms with van der Waals surface area (Å²) in [6.45, 7) is 9.29. The SMILES string of the molecule is Cc1n[nH]c(C)c1CCC(=O)N1CC(C)CC1C. The number of aromatic amines is 1. The van der Waals surface area contributed by atoms with Crippen LogP contribution < -0.4 is 0 Å². The average Bonchev–Trinajstić information content (AvgIpc) is 2.80. The van der Waals surface area contributed by atoms with Crippen LogP contribution in [0.5, 0.6) is 0 Å². The zero-order chi connectivity index (χ0) is 13.3. The molecule has 18 heavy (non-hydrogen) atoms. The van der Waals surface area contributed by atoms with Crippen LogP contribution in [0.2, 0.25) is 0 Å². The molecule has 2 atom stereocenters. The first-order chi connectivity index (χ1) is 8.49. The molecule has 0 aromatic carbocycles. The maximum atomic E-state index is 12.2. The van der Waals surface area contributed by atoms with Crippen LogP contribution in [0.3, 0.4) is 0 Å². The second-order valence-corrected chi connectivity index (χ2v) is 5.65. The van der Waals surface area contributed by atoms with Gasteiger partial charge in [-0.2, -0.15) is 5.10 Å². The molecule has 0 radical (unpaired) electrons. The lowest BCUT2D eigenvalue weighted by atomic mass is 10.1. The zero-order valence-electron chi connectivity index (χ0n) is 11.8. The Kier molecular flexibility index (Phi) is 3.73. The summed E-state index contributed by atoms with van der Waals surface area (Å²) in [6, 6.07) is 0.402. The molecule has 1 fully saturated rings. The molecular weight excluding hydrogens is 226 g/mol. The van der Waals surface area contributed by atoms with Crippen molar-refractivity contribution in [1.29, 1.82) is 0 Å². The zero-order valence-corrected chi connectivity index (χ0v) is 11.8. The van der Waals surface area contributed by atoms with Gasteiger partial charge in [-0.25, -0.2) is 0 Å². The number of aromatic nitrogens is 2. The van der Waals surface area contributed by atoms with Crippen molar-refractivity contribution in [3.05, 3.63) is 17.0 Å². The van der Waals surface area contributed by atoms with E-state index in [0.29, 0.717) is 18.4 Å². The van der Waals surface area contributed by atoms with Crippen molar-refractivity contribution in [2.24, 2.45) is 5.92 Å². The van der Waals surface area contributed by atoms with Gasteiger partial charge in [0.25, 0.3) is 0 Å². The molecule has 1 aromatic rings. The van der Waals surface area contributed by atoms with Crippen molar-refractivity contribution >= 4 is 5.91 Å². The first-order valence-electron chi connectivity index (χ1n) is 6.79. The predicted octanol–water partition coefficient (Wildman–Crippen LogP) is 2.22. The van der Waals surface area contributed by atoms with Gasteiger partial charge in [-0.1, -0.05) is 6.92 Å². The Morgan fingerprint density at radius 1 is 1.44 bits per heavy atom. The molecule has 2 rings (SSSR count). The number of carbonyl (C=O) groups excluding carboxylic acids is 1. The third kappa shape index (κ3) is 2.57. The molecule has 2 unspecified atom stereocenters. The lowest BCUT2D eigenvalue weighted by Gasteiger charge is -2.21. The third-order valence-corrected chi connectivity index (χ3v) is 3.97. The molecule has 1 saturated heterocycles. The van der Waals surface area contributed by atoms with E-state index in [-0.39, 0.29) is 5.91 Å². The smallest absolute Gasteiger partial charge is 0.223 e. The van der Waals surface area contributed by atoms with E-state index in [0.717, 1.165) is 30.8 Å². The average molecular weight is 249 g/mol. The van der Waals surface area contributed by atoms with Crippen molar-refractivity contribution in [3.8, 4) is 0 Å². The number of likely N-dealkylation sites (tertiary alicyclic amines) is 1. The molecule has 0 bridgehead atoms. The number of carbonyl (C=O) groups is 1. The molecule has 2 heterocycles. The molecule has 0 aliphatic carbocycles. The molecule has 1 aromatic heterocycles. The minimum absolute atomic E-state index is 0.284. The summed E-state index contributed by atoms with van der Waals surface area (Å²) in [4.78, 5) is 14.3. The Morgan fingerprint density at radius 3 is 2.67 bits per heavy atom. The fourth-order valence-corrected chi connectivity index (χ4v) is 2.97. The predicted molar refractivity (Wildman–Crippen MR) is 71.3 cm³/mol. The summed E-state index contributed by atoms with van der Waals surface area (Å²) in [6.07, 6.45) is 2.53. The maximum Gasteiger partial charge on any atom is 0.223 e. The molecule has 4 nitrogen and oxygen atoms in total. The Bertz CT molecular complexity index is 419. The van der Waals surface area contributed by atoms with Crippen LogP contribution in [0, 0.1) is 19.8 Å². The van der Waals surface area contributed by atoms with E-state index in [4.69, 9.17) is 0 Å². The summed E-state index contributed by atoms with van der Waals surface area (Å²) >= 11 is 0. The lowest BCUT2D eigenvalue weighted by Crippen LogP contribution is -2.34. The first-order valence-corrected chi connectivity index (χ1v) is 6.79. The maximum absolute atomic E-state index is 12.2. The van der Waals surface area contributed by atoms with E-state index < -0.39 is 0 Å². The van der Waals surface area contributed by atoms with Gasteiger partial charge in [0.05, 0.1) is 5.69 Å². The minimum Gasteiger partial charge on any atom is -0.340 e. The van der Waals surface area contributed by atoms with Crippen LogP contribution in [-0.4, -0.2) is 33.6 Å². The number of hydrogen-bond acceptors (Lipinski definition) is 2. The van der Waals surface area contributed by atoms with Gasteiger partial charge in [0.1, 0.15) is 0 Å². The van der Waals surface area contributed by atoms with E-state index in [1.807, 2.05) is 18.7 Å². The van der Waals surface area contributed by atoms with Gasteiger partial charge in [0.2, 0.25) is 5.91 Å².